The Hall–Kier alpha value is -5.61. The van der Waals surface area contributed by atoms with Crippen LogP contribution >= 0.6 is 0 Å². The first-order valence-electron chi connectivity index (χ1n) is 16.2. The average Bonchev–Trinajstić information content (AvgIpc) is 3.43. The van der Waals surface area contributed by atoms with Crippen LogP contribution in [0.4, 0.5) is 24.5 Å². The molecule has 5 aromatic rings. The van der Waals surface area contributed by atoms with Gasteiger partial charge in [-0.2, -0.15) is 13.2 Å². The van der Waals surface area contributed by atoms with Gasteiger partial charge < -0.3 is 24.3 Å². The summed E-state index contributed by atoms with van der Waals surface area (Å²) < 4.78 is 77.9. The van der Waals surface area contributed by atoms with Gasteiger partial charge in [0.05, 0.1) is 22.3 Å². The number of nitrogens with zero attached hydrogens (tertiary/aromatic N) is 4. The van der Waals surface area contributed by atoms with Crippen LogP contribution in [-0.4, -0.2) is 78.5 Å². The van der Waals surface area contributed by atoms with Crippen molar-refractivity contribution >= 4 is 44.1 Å². The minimum absolute atomic E-state index is 0.0148. The lowest BCUT2D eigenvalue weighted by Crippen LogP contribution is -2.48. The molecule has 1 fully saturated rings. The molecular weight excluding hydrogens is 701 g/mol. The number of ether oxygens (including phenoxy) is 2. The molecule has 52 heavy (non-hydrogen) atoms. The van der Waals surface area contributed by atoms with Crippen LogP contribution in [0, 0.1) is 0 Å². The summed E-state index contributed by atoms with van der Waals surface area (Å²) in [6.07, 6.45) is -3.06. The van der Waals surface area contributed by atoms with E-state index in [4.69, 9.17) is 9.47 Å². The van der Waals surface area contributed by atoms with E-state index in [1.807, 2.05) is 23.7 Å². The molecule has 1 aliphatic heterocycles. The van der Waals surface area contributed by atoms with E-state index in [9.17, 15) is 31.2 Å². The summed E-state index contributed by atoms with van der Waals surface area (Å²) in [4.78, 5) is 33.0. The van der Waals surface area contributed by atoms with Crippen LogP contribution in [0.1, 0.15) is 23.0 Å². The number of rotatable bonds is 11. The fourth-order valence-electron chi connectivity index (χ4n) is 5.72. The molecule has 12 nitrogen and oxygen atoms in total. The molecule has 0 atom stereocenters. The summed E-state index contributed by atoms with van der Waals surface area (Å²) in [5.41, 5.74) is 2.94. The van der Waals surface area contributed by atoms with E-state index in [1.165, 1.54) is 61.7 Å². The molecule has 3 heterocycles. The maximum Gasteiger partial charge on any atom is 0.422 e. The van der Waals surface area contributed by atoms with Crippen molar-refractivity contribution in [1.29, 1.82) is 0 Å². The Morgan fingerprint density at radius 1 is 0.865 bits per heavy atom. The van der Waals surface area contributed by atoms with E-state index in [2.05, 4.69) is 19.9 Å². The number of halogens is 3. The predicted octanol–water partition coefficient (Wildman–Crippen LogP) is 6.02. The third-order valence-electron chi connectivity index (χ3n) is 8.32. The number of fused-ring (bicyclic) bond motifs is 1. The third kappa shape index (κ3) is 8.99. The van der Waals surface area contributed by atoms with E-state index in [1.54, 1.807) is 29.2 Å². The number of benzene rings is 3. The number of carbonyl (C=O) groups excluding carboxylic acids is 2. The van der Waals surface area contributed by atoms with Gasteiger partial charge in [-0.15, -0.1) is 0 Å². The second-order valence-electron chi connectivity index (χ2n) is 12.2. The molecule has 1 saturated heterocycles. The highest BCUT2D eigenvalue weighted by Gasteiger charge is 2.28. The number of aryl methyl sites for hydroxylation is 1. The Morgan fingerprint density at radius 3 is 2.17 bits per heavy atom. The Morgan fingerprint density at radius 2 is 1.54 bits per heavy atom. The normalized spacial score (nSPS) is 13.9. The molecule has 1 aliphatic rings. The molecule has 2 N–H and O–H groups in total. The zero-order valence-electron chi connectivity index (χ0n) is 28.2. The molecule has 0 spiro atoms. The number of hydrogen-bond acceptors (Lipinski definition) is 8. The van der Waals surface area contributed by atoms with E-state index in [0.29, 0.717) is 49.9 Å². The molecule has 0 radical (unpaired) electrons. The minimum Gasteiger partial charge on any atom is -0.484 e. The highest BCUT2D eigenvalue weighted by molar-refractivity contribution is 7.92. The lowest BCUT2D eigenvalue weighted by atomic mass is 10.2. The molecule has 3 aromatic carbocycles. The highest BCUT2D eigenvalue weighted by atomic mass is 32.2. The molecule has 0 bridgehead atoms. The quantitative estimate of drug-likeness (QED) is 0.168. The van der Waals surface area contributed by atoms with E-state index < -0.39 is 22.8 Å². The second-order valence-corrected chi connectivity index (χ2v) is 13.9. The van der Waals surface area contributed by atoms with E-state index in [-0.39, 0.29) is 34.0 Å². The van der Waals surface area contributed by atoms with Gasteiger partial charge in [0.15, 0.2) is 6.61 Å². The van der Waals surface area contributed by atoms with Gasteiger partial charge in [0.1, 0.15) is 17.2 Å². The van der Waals surface area contributed by atoms with Crippen LogP contribution in [0.5, 0.6) is 17.4 Å². The number of hydrogen-bond donors (Lipinski definition) is 2. The Bertz CT molecular complexity index is 2170. The standard InChI is InChI=1S/C36H35F3N6O6S/c1-24(46)41-27-6-12-31(13-7-27)52(48,49)42-28-8-14-34(40-21-28)51-30-11-5-26-19-33(43(2)32(26)20-30)35(47)45-17-15-44(16-18-45)22-25-3-9-29(10-4-25)50-23-36(37,38)39/h3-14,19-21,42H,15-18,22-23H2,1-2H3,(H,41,46). The Labute approximate surface area is 297 Å². The van der Waals surface area contributed by atoms with Crippen molar-refractivity contribution < 1.29 is 40.7 Å². The Kier molecular flexibility index (Phi) is 10.4. The van der Waals surface area contributed by atoms with E-state index >= 15 is 0 Å². The van der Waals surface area contributed by atoms with Crippen LogP contribution in [0.15, 0.2) is 96.0 Å². The summed E-state index contributed by atoms with van der Waals surface area (Å²) in [7, 11) is -2.10. The van der Waals surface area contributed by atoms with Crippen LogP contribution in [0.2, 0.25) is 0 Å². The number of aromatic nitrogens is 2. The largest absolute Gasteiger partial charge is 0.484 e. The zero-order valence-corrected chi connectivity index (χ0v) is 29.0. The first kappa shape index (κ1) is 36.2. The second kappa shape index (κ2) is 14.9. The number of anilines is 2. The SMILES string of the molecule is CC(=O)Nc1ccc(S(=O)(=O)Nc2ccc(Oc3ccc4cc(C(=O)N5CCN(Cc6ccc(OCC(F)(F)F)cc6)CC5)n(C)c4c3)nc2)cc1. The molecule has 16 heteroatoms. The first-order chi connectivity index (χ1) is 24.7. The number of piperazine rings is 1. The maximum atomic E-state index is 13.6. The van der Waals surface area contributed by atoms with Crippen molar-refractivity contribution in [1.82, 2.24) is 19.4 Å². The summed E-state index contributed by atoms with van der Waals surface area (Å²) in [5, 5.41) is 3.44. The number of carbonyl (C=O) groups is 2. The third-order valence-corrected chi connectivity index (χ3v) is 9.72. The van der Waals surface area contributed by atoms with Gasteiger partial charge in [0, 0.05) is 69.9 Å². The molecule has 2 aromatic heterocycles. The Balaban J connectivity index is 1.03. The topological polar surface area (TPSA) is 135 Å². The zero-order chi connectivity index (χ0) is 37.0. The van der Waals surface area contributed by atoms with Gasteiger partial charge in [-0.25, -0.2) is 13.4 Å². The smallest absolute Gasteiger partial charge is 0.422 e. The van der Waals surface area contributed by atoms with Crippen molar-refractivity contribution in [3.63, 3.8) is 0 Å². The molecule has 272 valence electrons. The lowest BCUT2D eigenvalue weighted by molar-refractivity contribution is -0.153. The summed E-state index contributed by atoms with van der Waals surface area (Å²) >= 11 is 0. The molecule has 0 aliphatic carbocycles. The highest BCUT2D eigenvalue weighted by Crippen LogP contribution is 2.29. The first-order valence-corrected chi connectivity index (χ1v) is 17.6. The van der Waals surface area contributed by atoms with Crippen molar-refractivity contribution in [3.8, 4) is 17.4 Å². The molecule has 6 rings (SSSR count). The lowest BCUT2D eigenvalue weighted by Gasteiger charge is -2.34. The maximum absolute atomic E-state index is 13.6. The van der Waals surface area contributed by atoms with Crippen molar-refractivity contribution in [2.45, 2.75) is 24.5 Å². The molecule has 0 unspecified atom stereocenters. The van der Waals surface area contributed by atoms with E-state index in [0.717, 1.165) is 16.5 Å². The van der Waals surface area contributed by atoms with Gasteiger partial charge in [-0.1, -0.05) is 12.1 Å². The molecule has 0 saturated carbocycles. The summed E-state index contributed by atoms with van der Waals surface area (Å²) in [6, 6.07) is 22.6. The molecular formula is C36H35F3N6O6S. The fraction of sp³-hybridized carbons (Fsp3) is 0.250. The van der Waals surface area contributed by atoms with Crippen LogP contribution in [-0.2, 0) is 28.4 Å². The van der Waals surface area contributed by atoms with Crippen molar-refractivity contribution in [3.05, 3.63) is 102 Å². The fourth-order valence-corrected chi connectivity index (χ4v) is 6.76. The molecule has 2 amide bonds. The summed E-state index contributed by atoms with van der Waals surface area (Å²) in [6.45, 7) is 2.94. The van der Waals surface area contributed by atoms with Gasteiger partial charge in [-0.05, 0) is 66.2 Å². The van der Waals surface area contributed by atoms with Gasteiger partial charge in [0.25, 0.3) is 15.9 Å². The van der Waals surface area contributed by atoms with Crippen LogP contribution in [0.25, 0.3) is 10.9 Å². The predicted molar refractivity (Wildman–Crippen MR) is 188 cm³/mol. The summed E-state index contributed by atoms with van der Waals surface area (Å²) in [5.74, 6) is 0.497. The number of alkyl halides is 3. The number of pyridine rings is 1. The minimum atomic E-state index is -4.39. The number of amides is 2. The average molecular weight is 737 g/mol. The van der Waals surface area contributed by atoms with Gasteiger partial charge in [0.2, 0.25) is 11.8 Å². The number of nitrogens with one attached hydrogen (secondary N) is 2. The number of sulfonamides is 1. The van der Waals surface area contributed by atoms with Crippen molar-refractivity contribution in [2.24, 2.45) is 7.05 Å². The van der Waals surface area contributed by atoms with Gasteiger partial charge >= 0.3 is 6.18 Å². The van der Waals surface area contributed by atoms with Gasteiger partial charge in [-0.3, -0.25) is 19.2 Å². The monoisotopic (exact) mass is 736 g/mol. The van der Waals surface area contributed by atoms with Crippen molar-refractivity contribution in [2.75, 3.05) is 42.8 Å². The van der Waals surface area contributed by atoms with Crippen LogP contribution < -0.4 is 19.5 Å². The van der Waals surface area contributed by atoms with Crippen LogP contribution in [0.3, 0.4) is 0 Å².